The summed E-state index contributed by atoms with van der Waals surface area (Å²) < 4.78 is 55.1. The van der Waals surface area contributed by atoms with E-state index in [1.165, 1.54) is 7.11 Å². The summed E-state index contributed by atoms with van der Waals surface area (Å²) in [7, 11) is 2.96. The molecule has 9 heteroatoms. The molecule has 1 aliphatic heterocycles. The minimum atomic E-state index is -4.46. The minimum Gasteiger partial charge on any atom is -0.496 e. The second-order valence-corrected chi connectivity index (χ2v) is 8.25. The molecule has 0 radical (unpaired) electrons. The molecule has 0 atom stereocenters. The fourth-order valence-electron chi connectivity index (χ4n) is 4.42. The first kappa shape index (κ1) is 22.8. The van der Waals surface area contributed by atoms with Crippen molar-refractivity contribution in [2.45, 2.75) is 12.6 Å². The molecule has 3 heterocycles. The fraction of sp³-hybridized carbons (Fsp3) is 0.231. The van der Waals surface area contributed by atoms with Gasteiger partial charge in [0.15, 0.2) is 0 Å². The zero-order valence-corrected chi connectivity index (χ0v) is 19.0. The number of carbonyl (C=O) groups excluding carboxylic acids is 1. The van der Waals surface area contributed by atoms with Crippen LogP contribution < -0.4 is 9.47 Å². The van der Waals surface area contributed by atoms with Crippen molar-refractivity contribution in [2.75, 3.05) is 27.3 Å². The van der Waals surface area contributed by atoms with E-state index in [4.69, 9.17) is 13.9 Å². The van der Waals surface area contributed by atoms with Crippen LogP contribution in [0.1, 0.15) is 15.9 Å². The van der Waals surface area contributed by atoms with Crippen LogP contribution >= 0.6 is 0 Å². The van der Waals surface area contributed by atoms with Crippen molar-refractivity contribution in [3.8, 4) is 33.9 Å². The zero-order chi connectivity index (χ0) is 24.7. The Labute approximate surface area is 198 Å². The highest BCUT2D eigenvalue weighted by molar-refractivity contribution is 6.02. The van der Waals surface area contributed by atoms with Crippen molar-refractivity contribution >= 4 is 16.9 Å². The van der Waals surface area contributed by atoms with Crippen LogP contribution in [0.25, 0.3) is 33.2 Å². The number of pyridine rings is 1. The maximum absolute atomic E-state index is 12.9. The molecule has 2 aromatic carbocycles. The SMILES string of the molecule is COc1ccc(-c2ccc3c(-c4cc5c(c(OC)c4)C(=O)N(CC(F)(F)F)CC5)coc3c2)cn1. The van der Waals surface area contributed by atoms with Gasteiger partial charge in [0.25, 0.3) is 5.91 Å². The van der Waals surface area contributed by atoms with Crippen LogP contribution in [0.15, 0.2) is 59.3 Å². The molecule has 1 amide bonds. The van der Waals surface area contributed by atoms with E-state index in [1.807, 2.05) is 30.3 Å². The number of rotatable bonds is 5. The average molecular weight is 482 g/mol. The van der Waals surface area contributed by atoms with Gasteiger partial charge in [-0.3, -0.25) is 4.79 Å². The van der Waals surface area contributed by atoms with Crippen LogP contribution in [0.3, 0.4) is 0 Å². The number of hydrogen-bond donors (Lipinski definition) is 0. The molecule has 4 aromatic rings. The van der Waals surface area contributed by atoms with Gasteiger partial charge >= 0.3 is 6.18 Å². The van der Waals surface area contributed by atoms with Gasteiger partial charge in [-0.25, -0.2) is 4.98 Å². The van der Waals surface area contributed by atoms with Gasteiger partial charge in [-0.15, -0.1) is 0 Å². The molecule has 0 N–H and O–H groups in total. The van der Waals surface area contributed by atoms with E-state index in [2.05, 4.69) is 4.98 Å². The van der Waals surface area contributed by atoms with Crippen molar-refractivity contribution in [1.29, 1.82) is 0 Å². The summed E-state index contributed by atoms with van der Waals surface area (Å²) in [5, 5.41) is 0.859. The van der Waals surface area contributed by atoms with Crippen LogP contribution in [0, 0.1) is 0 Å². The van der Waals surface area contributed by atoms with Gasteiger partial charge in [0.05, 0.1) is 26.0 Å². The largest absolute Gasteiger partial charge is 0.496 e. The lowest BCUT2D eigenvalue weighted by atomic mass is 9.92. The first-order valence-corrected chi connectivity index (χ1v) is 10.9. The fourth-order valence-corrected chi connectivity index (χ4v) is 4.42. The molecular formula is C26H21F3N2O4. The summed E-state index contributed by atoms with van der Waals surface area (Å²) in [5.41, 5.74) is 4.88. The highest BCUT2D eigenvalue weighted by atomic mass is 19.4. The Bertz CT molecular complexity index is 1390. The predicted molar refractivity (Wildman–Crippen MR) is 124 cm³/mol. The molecule has 180 valence electrons. The molecule has 0 unspecified atom stereocenters. The Morgan fingerprint density at radius 3 is 2.51 bits per heavy atom. The standard InChI is InChI=1S/C26H21F3N2O4/c1-33-22-11-18(9-16-7-8-31(14-26(27,28)29)25(32)24(16)22)20-13-35-21-10-15(3-5-19(20)21)17-4-6-23(34-2)30-12-17/h3-6,9-13H,7-8,14H2,1-2H3. The zero-order valence-electron chi connectivity index (χ0n) is 19.0. The van der Waals surface area contributed by atoms with Crippen molar-refractivity contribution in [1.82, 2.24) is 9.88 Å². The molecule has 0 fully saturated rings. The van der Waals surface area contributed by atoms with Crippen LogP contribution in [-0.4, -0.2) is 49.3 Å². The number of hydrogen-bond acceptors (Lipinski definition) is 5. The molecule has 0 saturated heterocycles. The number of aromatic nitrogens is 1. The highest BCUT2D eigenvalue weighted by Crippen LogP contribution is 2.39. The summed E-state index contributed by atoms with van der Waals surface area (Å²) in [5.74, 6) is 0.0860. The number of fused-ring (bicyclic) bond motifs is 2. The minimum absolute atomic E-state index is 0.0106. The Morgan fingerprint density at radius 1 is 1.03 bits per heavy atom. The van der Waals surface area contributed by atoms with Crippen LogP contribution in [0.4, 0.5) is 13.2 Å². The third kappa shape index (κ3) is 4.29. The number of alkyl halides is 3. The average Bonchev–Trinajstić information content (AvgIpc) is 3.28. The second kappa shape index (κ2) is 8.65. The van der Waals surface area contributed by atoms with Crippen LogP contribution in [0.5, 0.6) is 11.6 Å². The lowest BCUT2D eigenvalue weighted by molar-refractivity contribution is -0.141. The van der Waals surface area contributed by atoms with E-state index in [0.717, 1.165) is 32.5 Å². The Hall–Kier alpha value is -4.01. The quantitative estimate of drug-likeness (QED) is 0.363. The number of methoxy groups -OCH3 is 2. The smallest absolute Gasteiger partial charge is 0.406 e. The Balaban J connectivity index is 1.51. The predicted octanol–water partition coefficient (Wildman–Crippen LogP) is 5.74. The molecule has 6 nitrogen and oxygen atoms in total. The highest BCUT2D eigenvalue weighted by Gasteiger charge is 2.37. The normalized spacial score (nSPS) is 13.7. The molecular weight excluding hydrogens is 461 g/mol. The maximum atomic E-state index is 12.9. The molecule has 35 heavy (non-hydrogen) atoms. The molecule has 2 aromatic heterocycles. The van der Waals surface area contributed by atoms with Gasteiger partial charge in [0, 0.05) is 35.3 Å². The molecule has 0 bridgehead atoms. The van der Waals surface area contributed by atoms with Gasteiger partial charge in [-0.2, -0.15) is 13.2 Å². The number of benzene rings is 2. The summed E-state index contributed by atoms with van der Waals surface area (Å²) in [6.45, 7) is -1.29. The molecule has 0 saturated carbocycles. The maximum Gasteiger partial charge on any atom is 0.406 e. The Morgan fingerprint density at radius 2 is 1.83 bits per heavy atom. The van der Waals surface area contributed by atoms with Crippen LogP contribution in [0.2, 0.25) is 0 Å². The van der Waals surface area contributed by atoms with Gasteiger partial charge in [-0.05, 0) is 53.4 Å². The first-order chi connectivity index (χ1) is 16.8. The number of nitrogens with zero attached hydrogens (tertiary/aromatic N) is 2. The van der Waals surface area contributed by atoms with Crippen molar-refractivity contribution < 1.29 is 31.9 Å². The second-order valence-electron chi connectivity index (χ2n) is 8.25. The number of furan rings is 1. The van der Waals surface area contributed by atoms with Crippen LogP contribution in [-0.2, 0) is 6.42 Å². The third-order valence-electron chi connectivity index (χ3n) is 6.09. The number of halogens is 3. The lowest BCUT2D eigenvalue weighted by Crippen LogP contribution is -2.43. The summed E-state index contributed by atoms with van der Waals surface area (Å²) in [6.07, 6.45) is -0.817. The summed E-state index contributed by atoms with van der Waals surface area (Å²) >= 11 is 0. The lowest BCUT2D eigenvalue weighted by Gasteiger charge is -2.30. The van der Waals surface area contributed by atoms with Crippen molar-refractivity contribution in [3.05, 3.63) is 66.1 Å². The van der Waals surface area contributed by atoms with E-state index in [9.17, 15) is 18.0 Å². The molecule has 0 aliphatic carbocycles. The topological polar surface area (TPSA) is 64.8 Å². The van der Waals surface area contributed by atoms with Gasteiger partial charge in [0.2, 0.25) is 5.88 Å². The Kier molecular flexibility index (Phi) is 5.62. The van der Waals surface area contributed by atoms with E-state index in [0.29, 0.717) is 23.4 Å². The number of carbonyl (C=O) groups is 1. The van der Waals surface area contributed by atoms with E-state index in [-0.39, 0.29) is 17.9 Å². The van der Waals surface area contributed by atoms with Crippen molar-refractivity contribution in [2.24, 2.45) is 0 Å². The van der Waals surface area contributed by atoms with E-state index >= 15 is 0 Å². The molecule has 1 aliphatic rings. The third-order valence-corrected chi connectivity index (χ3v) is 6.09. The van der Waals surface area contributed by atoms with Gasteiger partial charge in [-0.1, -0.05) is 6.07 Å². The monoisotopic (exact) mass is 482 g/mol. The molecule has 5 rings (SSSR count). The van der Waals surface area contributed by atoms with E-state index in [1.54, 1.807) is 31.7 Å². The van der Waals surface area contributed by atoms with Gasteiger partial charge in [0.1, 0.15) is 17.9 Å². The number of ether oxygens (including phenoxy) is 2. The van der Waals surface area contributed by atoms with Crippen molar-refractivity contribution in [3.63, 3.8) is 0 Å². The summed E-state index contributed by atoms with van der Waals surface area (Å²) in [6, 6.07) is 13.0. The van der Waals surface area contributed by atoms with Gasteiger partial charge < -0.3 is 18.8 Å². The molecule has 0 spiro atoms. The first-order valence-electron chi connectivity index (χ1n) is 10.9. The number of amides is 1. The van der Waals surface area contributed by atoms with E-state index < -0.39 is 18.6 Å². The summed E-state index contributed by atoms with van der Waals surface area (Å²) in [4.78, 5) is 17.9.